The van der Waals surface area contributed by atoms with Crippen LogP contribution in [0.2, 0.25) is 0 Å². The molecule has 0 aliphatic carbocycles. The number of amides is 1. The summed E-state index contributed by atoms with van der Waals surface area (Å²) < 4.78 is 4.73. The lowest BCUT2D eigenvalue weighted by molar-refractivity contribution is -0.146. The molecule has 0 atom stereocenters. The molecule has 2 N–H and O–H groups in total. The molecule has 0 unspecified atom stereocenters. The number of nitrogens with one attached hydrogen (secondary N) is 2. The van der Waals surface area contributed by atoms with Gasteiger partial charge >= 0.3 is 5.97 Å². The maximum Gasteiger partial charge on any atom is 0.306 e. The van der Waals surface area contributed by atoms with Crippen molar-refractivity contribution in [1.82, 2.24) is 0 Å². The van der Waals surface area contributed by atoms with Gasteiger partial charge in [0.05, 0.1) is 16.9 Å². The van der Waals surface area contributed by atoms with Crippen LogP contribution in [0.15, 0.2) is 18.2 Å². The Morgan fingerprint density at radius 1 is 1.30 bits per heavy atom. The molecule has 0 saturated carbocycles. The van der Waals surface area contributed by atoms with Crippen molar-refractivity contribution in [2.45, 2.75) is 20.3 Å². The number of rotatable bonds is 6. The average molecular weight is 275 g/mol. The minimum absolute atomic E-state index is 0.215. The Morgan fingerprint density at radius 2 is 2.00 bits per heavy atom. The zero-order valence-electron chi connectivity index (χ0n) is 11.5. The van der Waals surface area contributed by atoms with Gasteiger partial charge < -0.3 is 15.4 Å². The number of hydrogen-bond acceptors (Lipinski definition) is 5. The number of anilines is 2. The molecular formula is C14H17N3O3. The first kappa shape index (κ1) is 15.5. The second-order valence-electron chi connectivity index (χ2n) is 3.93. The molecule has 1 rings (SSSR count). The Hall–Kier alpha value is -2.55. The van der Waals surface area contributed by atoms with Crippen LogP contribution < -0.4 is 10.6 Å². The molecule has 0 aliphatic heterocycles. The Labute approximate surface area is 117 Å². The first-order valence-corrected chi connectivity index (χ1v) is 6.34. The third-order valence-electron chi connectivity index (χ3n) is 2.47. The van der Waals surface area contributed by atoms with Crippen LogP contribution in [0.25, 0.3) is 0 Å². The monoisotopic (exact) mass is 275 g/mol. The molecule has 0 aliphatic rings. The maximum atomic E-state index is 11.7. The zero-order chi connectivity index (χ0) is 15.0. The van der Waals surface area contributed by atoms with Crippen molar-refractivity contribution >= 4 is 23.3 Å². The summed E-state index contributed by atoms with van der Waals surface area (Å²) in [5.74, 6) is -0.918. The third kappa shape index (κ3) is 4.28. The van der Waals surface area contributed by atoms with Crippen LogP contribution in [0.5, 0.6) is 0 Å². The first-order chi connectivity index (χ1) is 9.62. The minimum atomic E-state index is -0.475. The molecule has 6 nitrogen and oxygen atoms in total. The van der Waals surface area contributed by atoms with E-state index in [0.29, 0.717) is 23.5 Å². The topological polar surface area (TPSA) is 91.2 Å². The van der Waals surface area contributed by atoms with Gasteiger partial charge in [-0.25, -0.2) is 0 Å². The van der Waals surface area contributed by atoms with E-state index in [0.717, 1.165) is 0 Å². The van der Waals surface area contributed by atoms with Crippen molar-refractivity contribution in [2.75, 3.05) is 23.8 Å². The fraction of sp³-hybridized carbons (Fsp3) is 0.357. The summed E-state index contributed by atoms with van der Waals surface area (Å²) in [6.45, 7) is 3.87. The summed E-state index contributed by atoms with van der Waals surface area (Å²) in [4.78, 5) is 22.6. The van der Waals surface area contributed by atoms with E-state index in [1.165, 1.54) is 0 Å². The number of benzene rings is 1. The van der Waals surface area contributed by atoms with Crippen molar-refractivity contribution in [2.24, 2.45) is 0 Å². The van der Waals surface area contributed by atoms with Gasteiger partial charge in [-0.3, -0.25) is 9.59 Å². The van der Waals surface area contributed by atoms with Crippen molar-refractivity contribution in [3.63, 3.8) is 0 Å². The van der Waals surface area contributed by atoms with Gasteiger partial charge in [0.25, 0.3) is 5.91 Å². The molecule has 0 saturated heterocycles. The smallest absolute Gasteiger partial charge is 0.306 e. The van der Waals surface area contributed by atoms with Gasteiger partial charge in [-0.05, 0) is 19.1 Å². The van der Waals surface area contributed by atoms with Crippen molar-refractivity contribution in [3.05, 3.63) is 23.8 Å². The fourth-order valence-corrected chi connectivity index (χ4v) is 1.55. The van der Waals surface area contributed by atoms with Gasteiger partial charge in [-0.15, -0.1) is 0 Å². The molecule has 0 radical (unpaired) electrons. The predicted octanol–water partition coefficient (Wildman–Crippen LogP) is 1.88. The van der Waals surface area contributed by atoms with Crippen LogP contribution in [-0.4, -0.2) is 25.0 Å². The molecule has 0 fully saturated rings. The molecule has 0 aromatic heterocycles. The Balaban J connectivity index is 2.77. The summed E-state index contributed by atoms with van der Waals surface area (Å²) in [5, 5.41) is 14.8. The first-order valence-electron chi connectivity index (χ1n) is 6.34. The van der Waals surface area contributed by atoms with Gasteiger partial charge in [0.2, 0.25) is 0 Å². The summed E-state index contributed by atoms with van der Waals surface area (Å²) in [7, 11) is 0. The highest BCUT2D eigenvalue weighted by molar-refractivity contribution is 5.95. The molecule has 20 heavy (non-hydrogen) atoms. The molecule has 1 aromatic carbocycles. The number of nitrogens with zero attached hydrogens (tertiary/aromatic N) is 1. The van der Waals surface area contributed by atoms with Crippen LogP contribution in [-0.2, 0) is 14.3 Å². The summed E-state index contributed by atoms with van der Waals surface area (Å²) >= 11 is 0. The van der Waals surface area contributed by atoms with Crippen LogP contribution in [0.4, 0.5) is 11.4 Å². The maximum absolute atomic E-state index is 11.7. The summed E-state index contributed by atoms with van der Waals surface area (Å²) in [6, 6.07) is 7.16. The zero-order valence-corrected chi connectivity index (χ0v) is 11.5. The highest BCUT2D eigenvalue weighted by Gasteiger charge is 2.11. The van der Waals surface area contributed by atoms with E-state index < -0.39 is 11.9 Å². The SMILES string of the molecule is CCNc1cccc(NC(=O)COC(=O)CC)c1C#N. The van der Waals surface area contributed by atoms with Crippen molar-refractivity contribution < 1.29 is 14.3 Å². The van der Waals surface area contributed by atoms with Crippen molar-refractivity contribution in [3.8, 4) is 6.07 Å². The molecule has 0 bridgehead atoms. The number of hydrogen-bond donors (Lipinski definition) is 2. The minimum Gasteiger partial charge on any atom is -0.456 e. The fourth-order valence-electron chi connectivity index (χ4n) is 1.55. The lowest BCUT2D eigenvalue weighted by atomic mass is 10.1. The van der Waals surface area contributed by atoms with Gasteiger partial charge in [-0.2, -0.15) is 5.26 Å². The van der Waals surface area contributed by atoms with Crippen LogP contribution >= 0.6 is 0 Å². The van der Waals surface area contributed by atoms with E-state index in [4.69, 9.17) is 10.00 Å². The second kappa shape index (κ2) is 7.79. The number of ether oxygens (including phenoxy) is 1. The Morgan fingerprint density at radius 3 is 2.60 bits per heavy atom. The van der Waals surface area contributed by atoms with Gasteiger partial charge in [-0.1, -0.05) is 13.0 Å². The Bertz CT molecular complexity index is 535. The van der Waals surface area contributed by atoms with Crippen LogP contribution in [0.1, 0.15) is 25.8 Å². The molecule has 106 valence electrons. The summed E-state index contributed by atoms with van der Waals surface area (Å²) in [5.41, 5.74) is 1.39. The number of esters is 1. The molecule has 0 heterocycles. The highest BCUT2D eigenvalue weighted by atomic mass is 16.5. The lowest BCUT2D eigenvalue weighted by Gasteiger charge is -2.11. The standard InChI is InChI=1S/C14H17N3O3/c1-3-14(19)20-9-13(18)17-12-7-5-6-11(16-4-2)10(12)8-15/h5-7,16H,3-4,9H2,1-2H3,(H,17,18). The molecular weight excluding hydrogens is 258 g/mol. The molecule has 1 aromatic rings. The van der Waals surface area contributed by atoms with Gasteiger partial charge in [0.1, 0.15) is 6.07 Å². The Kier molecular flexibility index (Phi) is 6.04. The second-order valence-corrected chi connectivity index (χ2v) is 3.93. The normalized spacial score (nSPS) is 9.45. The van der Waals surface area contributed by atoms with E-state index in [1.807, 2.05) is 13.0 Å². The van der Waals surface area contributed by atoms with Gasteiger partial charge in [0, 0.05) is 13.0 Å². The van der Waals surface area contributed by atoms with E-state index in [1.54, 1.807) is 25.1 Å². The van der Waals surface area contributed by atoms with E-state index in [2.05, 4.69) is 10.6 Å². The van der Waals surface area contributed by atoms with Crippen LogP contribution in [0, 0.1) is 11.3 Å². The van der Waals surface area contributed by atoms with E-state index in [-0.39, 0.29) is 13.0 Å². The number of carbonyl (C=O) groups is 2. The van der Waals surface area contributed by atoms with Crippen LogP contribution in [0.3, 0.4) is 0 Å². The summed E-state index contributed by atoms with van der Waals surface area (Å²) in [6.07, 6.45) is 0.215. The average Bonchev–Trinajstić information content (AvgIpc) is 2.45. The third-order valence-corrected chi connectivity index (χ3v) is 2.47. The number of nitriles is 1. The van der Waals surface area contributed by atoms with E-state index in [9.17, 15) is 9.59 Å². The van der Waals surface area contributed by atoms with Gasteiger partial charge in [0.15, 0.2) is 6.61 Å². The number of carbonyl (C=O) groups excluding carboxylic acids is 2. The predicted molar refractivity (Wildman–Crippen MR) is 75.2 cm³/mol. The molecule has 1 amide bonds. The molecule has 0 spiro atoms. The quantitative estimate of drug-likeness (QED) is 0.773. The molecule has 6 heteroatoms. The van der Waals surface area contributed by atoms with Crippen molar-refractivity contribution in [1.29, 1.82) is 5.26 Å². The van der Waals surface area contributed by atoms with E-state index >= 15 is 0 Å². The lowest BCUT2D eigenvalue weighted by Crippen LogP contribution is -2.21. The largest absolute Gasteiger partial charge is 0.456 e. The highest BCUT2D eigenvalue weighted by Crippen LogP contribution is 2.23.